The molecular formula is C11H9ClFN3O2S. The van der Waals surface area contributed by atoms with E-state index in [1.165, 1.54) is 24.3 Å². The number of hydrogen-bond acceptors (Lipinski definition) is 4. The van der Waals surface area contributed by atoms with Gasteiger partial charge in [0.25, 0.3) is 0 Å². The Balaban J connectivity index is 2.09. The van der Waals surface area contributed by atoms with Crippen LogP contribution in [-0.4, -0.2) is 18.4 Å². The first-order valence-electron chi connectivity index (χ1n) is 5.19. The summed E-state index contributed by atoms with van der Waals surface area (Å²) in [5.41, 5.74) is 0.639. The van der Waals surface area contributed by atoms with Gasteiger partial charge in [0.1, 0.15) is 10.7 Å². The molecule has 0 amide bonds. The van der Waals surface area contributed by atoms with E-state index in [2.05, 4.69) is 14.7 Å². The van der Waals surface area contributed by atoms with Crippen molar-refractivity contribution in [2.24, 2.45) is 0 Å². The van der Waals surface area contributed by atoms with Gasteiger partial charge in [0.2, 0.25) is 15.3 Å². The van der Waals surface area contributed by atoms with Crippen LogP contribution in [0.3, 0.4) is 0 Å². The highest BCUT2D eigenvalue weighted by Gasteiger charge is 2.14. The Labute approximate surface area is 114 Å². The third-order valence-electron chi connectivity index (χ3n) is 2.29. The molecule has 1 aromatic carbocycles. The van der Waals surface area contributed by atoms with E-state index in [0.29, 0.717) is 5.56 Å². The van der Waals surface area contributed by atoms with E-state index in [9.17, 15) is 12.8 Å². The second-order valence-electron chi connectivity index (χ2n) is 3.64. The van der Waals surface area contributed by atoms with Gasteiger partial charge >= 0.3 is 0 Å². The van der Waals surface area contributed by atoms with E-state index < -0.39 is 10.0 Å². The lowest BCUT2D eigenvalue weighted by molar-refractivity contribution is 0.580. The van der Waals surface area contributed by atoms with Crippen molar-refractivity contribution in [3.05, 3.63) is 53.3 Å². The SMILES string of the molecule is O=S(=O)(NCc1ccc(F)cc1)c1cnc(Cl)nc1. The zero-order valence-corrected chi connectivity index (χ0v) is 11.1. The summed E-state index contributed by atoms with van der Waals surface area (Å²) in [7, 11) is -3.71. The standard InChI is InChI=1S/C11H9ClFN3O2S/c12-11-14-6-10(7-15-11)19(17,18)16-5-8-1-3-9(13)4-2-8/h1-4,6-7,16H,5H2. The summed E-state index contributed by atoms with van der Waals surface area (Å²) in [4.78, 5) is 7.11. The van der Waals surface area contributed by atoms with Gasteiger partial charge in [0.15, 0.2) is 0 Å². The molecule has 0 saturated heterocycles. The Morgan fingerprint density at radius 1 is 1.16 bits per heavy atom. The van der Waals surface area contributed by atoms with Gasteiger partial charge in [-0.2, -0.15) is 0 Å². The van der Waals surface area contributed by atoms with Crippen LogP contribution >= 0.6 is 11.6 Å². The van der Waals surface area contributed by atoms with Crippen molar-refractivity contribution in [1.29, 1.82) is 0 Å². The van der Waals surface area contributed by atoms with Crippen LogP contribution in [0, 0.1) is 5.82 Å². The molecular weight excluding hydrogens is 293 g/mol. The van der Waals surface area contributed by atoms with E-state index in [-0.39, 0.29) is 22.5 Å². The number of aromatic nitrogens is 2. The first-order valence-corrected chi connectivity index (χ1v) is 7.05. The lowest BCUT2D eigenvalue weighted by Crippen LogP contribution is -2.23. The van der Waals surface area contributed by atoms with Gasteiger partial charge in [-0.05, 0) is 29.3 Å². The number of benzene rings is 1. The van der Waals surface area contributed by atoms with E-state index in [1.807, 2.05) is 0 Å². The topological polar surface area (TPSA) is 72.0 Å². The number of rotatable bonds is 4. The molecule has 5 nitrogen and oxygen atoms in total. The quantitative estimate of drug-likeness (QED) is 0.873. The summed E-state index contributed by atoms with van der Waals surface area (Å²) in [6.45, 7) is 0.0469. The molecule has 2 rings (SSSR count). The van der Waals surface area contributed by atoms with Gasteiger partial charge in [-0.3, -0.25) is 0 Å². The van der Waals surface area contributed by atoms with Crippen molar-refractivity contribution in [3.8, 4) is 0 Å². The van der Waals surface area contributed by atoms with Crippen LogP contribution in [-0.2, 0) is 16.6 Å². The maximum absolute atomic E-state index is 12.7. The third kappa shape index (κ3) is 3.69. The lowest BCUT2D eigenvalue weighted by Gasteiger charge is -2.06. The predicted molar refractivity (Wildman–Crippen MR) is 67.5 cm³/mol. The molecule has 0 radical (unpaired) electrons. The highest BCUT2D eigenvalue weighted by Crippen LogP contribution is 2.09. The Bertz CT molecular complexity index is 659. The molecule has 0 atom stereocenters. The Morgan fingerprint density at radius 2 is 1.74 bits per heavy atom. The second kappa shape index (κ2) is 5.60. The molecule has 1 N–H and O–H groups in total. The highest BCUT2D eigenvalue weighted by molar-refractivity contribution is 7.89. The number of halogens is 2. The lowest BCUT2D eigenvalue weighted by atomic mass is 10.2. The van der Waals surface area contributed by atoms with Crippen LogP contribution in [0.2, 0.25) is 5.28 Å². The number of sulfonamides is 1. The minimum absolute atomic E-state index is 0.0301. The van der Waals surface area contributed by atoms with Crippen molar-refractivity contribution in [3.63, 3.8) is 0 Å². The van der Waals surface area contributed by atoms with Gasteiger partial charge in [-0.25, -0.2) is 27.5 Å². The average molecular weight is 302 g/mol. The smallest absolute Gasteiger partial charge is 0.225 e. The molecule has 8 heteroatoms. The van der Waals surface area contributed by atoms with Crippen molar-refractivity contribution in [1.82, 2.24) is 14.7 Å². The first kappa shape index (κ1) is 13.9. The first-order chi connectivity index (χ1) is 8.97. The van der Waals surface area contributed by atoms with Gasteiger partial charge in [-0.1, -0.05) is 12.1 Å². The Hall–Kier alpha value is -1.57. The van der Waals surface area contributed by atoms with Crippen LogP contribution in [0.4, 0.5) is 4.39 Å². The van der Waals surface area contributed by atoms with Crippen LogP contribution in [0.5, 0.6) is 0 Å². The van der Waals surface area contributed by atoms with Gasteiger partial charge in [0.05, 0.1) is 12.4 Å². The second-order valence-corrected chi connectivity index (χ2v) is 5.74. The van der Waals surface area contributed by atoms with Gasteiger partial charge < -0.3 is 0 Å². The molecule has 0 aliphatic rings. The Morgan fingerprint density at radius 3 is 2.32 bits per heavy atom. The number of hydrogen-bond donors (Lipinski definition) is 1. The number of nitrogens with one attached hydrogen (secondary N) is 1. The average Bonchev–Trinajstić information content (AvgIpc) is 2.39. The van der Waals surface area contributed by atoms with E-state index in [0.717, 1.165) is 12.4 Å². The molecule has 0 aliphatic carbocycles. The van der Waals surface area contributed by atoms with Crippen molar-refractivity contribution >= 4 is 21.6 Å². The summed E-state index contributed by atoms with van der Waals surface area (Å²) in [6.07, 6.45) is 2.23. The zero-order chi connectivity index (χ0) is 13.9. The van der Waals surface area contributed by atoms with Gasteiger partial charge in [0, 0.05) is 6.54 Å². The normalized spacial score (nSPS) is 11.5. The van der Waals surface area contributed by atoms with Crippen LogP contribution in [0.25, 0.3) is 0 Å². The van der Waals surface area contributed by atoms with E-state index >= 15 is 0 Å². The highest BCUT2D eigenvalue weighted by atomic mass is 35.5. The fourth-order valence-electron chi connectivity index (χ4n) is 1.30. The number of nitrogens with zero attached hydrogens (tertiary/aromatic N) is 2. The molecule has 0 spiro atoms. The Kier molecular flexibility index (Phi) is 4.08. The molecule has 100 valence electrons. The maximum Gasteiger partial charge on any atom is 0.243 e. The maximum atomic E-state index is 12.7. The van der Waals surface area contributed by atoms with Gasteiger partial charge in [-0.15, -0.1) is 0 Å². The molecule has 0 bridgehead atoms. The summed E-state index contributed by atoms with van der Waals surface area (Å²) < 4.78 is 38.8. The summed E-state index contributed by atoms with van der Waals surface area (Å²) in [6, 6.07) is 5.51. The molecule has 0 saturated carbocycles. The molecule has 2 aromatic rings. The molecule has 19 heavy (non-hydrogen) atoms. The third-order valence-corrected chi connectivity index (χ3v) is 3.84. The zero-order valence-electron chi connectivity index (χ0n) is 9.55. The minimum atomic E-state index is -3.71. The largest absolute Gasteiger partial charge is 0.243 e. The molecule has 1 heterocycles. The fraction of sp³-hybridized carbons (Fsp3) is 0.0909. The summed E-state index contributed by atoms with van der Waals surface area (Å²) >= 11 is 5.48. The summed E-state index contributed by atoms with van der Waals surface area (Å²) in [5, 5.41) is -0.0301. The molecule has 1 aromatic heterocycles. The van der Waals surface area contributed by atoms with Crippen molar-refractivity contribution < 1.29 is 12.8 Å². The summed E-state index contributed by atoms with van der Waals surface area (Å²) in [5.74, 6) is -0.377. The van der Waals surface area contributed by atoms with Crippen molar-refractivity contribution in [2.75, 3.05) is 0 Å². The van der Waals surface area contributed by atoms with E-state index in [1.54, 1.807) is 0 Å². The fourth-order valence-corrected chi connectivity index (χ4v) is 2.31. The van der Waals surface area contributed by atoms with Crippen LogP contribution < -0.4 is 4.72 Å². The van der Waals surface area contributed by atoms with Crippen LogP contribution in [0.15, 0.2) is 41.6 Å². The van der Waals surface area contributed by atoms with E-state index in [4.69, 9.17) is 11.6 Å². The minimum Gasteiger partial charge on any atom is -0.225 e. The monoisotopic (exact) mass is 301 g/mol. The molecule has 0 fully saturated rings. The van der Waals surface area contributed by atoms with Crippen LogP contribution in [0.1, 0.15) is 5.56 Å². The molecule has 0 unspecified atom stereocenters. The predicted octanol–water partition coefficient (Wildman–Crippen LogP) is 1.75. The molecule has 0 aliphatic heterocycles. The van der Waals surface area contributed by atoms with Crippen molar-refractivity contribution in [2.45, 2.75) is 11.4 Å².